The molecule has 0 radical (unpaired) electrons. The van der Waals surface area contributed by atoms with Crippen molar-refractivity contribution in [2.75, 3.05) is 19.0 Å². The largest absolute Gasteiger partial charge is 0.496 e. The molecule has 0 bridgehead atoms. The minimum atomic E-state index is -0.664. The van der Waals surface area contributed by atoms with Crippen molar-refractivity contribution in [2.24, 2.45) is 0 Å². The van der Waals surface area contributed by atoms with E-state index in [-0.39, 0.29) is 16.4 Å². The number of carbonyl (C=O) groups is 2. The predicted octanol–water partition coefficient (Wildman–Crippen LogP) is 5.12. The molecule has 0 spiro atoms. The number of rotatable bonds is 7. The van der Waals surface area contributed by atoms with Crippen LogP contribution >= 0.6 is 23.2 Å². The number of ether oxygens (including phenoxy) is 2. The Bertz CT molecular complexity index is 1120. The Balaban J connectivity index is 1.77. The summed E-state index contributed by atoms with van der Waals surface area (Å²) in [5, 5.41) is 2.99. The quantitative estimate of drug-likeness (QED) is 0.303. The molecular weight excluding hydrogens is 439 g/mol. The molecule has 0 aliphatic heterocycles. The number of hydrogen-bond acceptors (Lipinski definition) is 5. The van der Waals surface area contributed by atoms with E-state index in [2.05, 4.69) is 10.3 Å². The number of esters is 1. The maximum Gasteiger partial charge on any atom is 0.339 e. The highest BCUT2D eigenvalue weighted by molar-refractivity contribution is 6.36. The lowest BCUT2D eigenvalue weighted by molar-refractivity contribution is -0.141. The molecule has 3 rings (SSSR count). The Morgan fingerprint density at radius 3 is 2.48 bits per heavy atom. The number of hydrogen-bond donors (Lipinski definition) is 1. The van der Waals surface area contributed by atoms with E-state index in [0.29, 0.717) is 21.9 Å². The van der Waals surface area contributed by atoms with Crippen LogP contribution in [0.4, 0.5) is 5.82 Å². The van der Waals surface area contributed by atoms with Gasteiger partial charge in [0.2, 0.25) is 0 Å². The van der Waals surface area contributed by atoms with Crippen LogP contribution in [0.15, 0.2) is 66.9 Å². The number of halogens is 2. The van der Waals surface area contributed by atoms with Gasteiger partial charge in [-0.25, -0.2) is 9.78 Å². The number of anilines is 1. The van der Waals surface area contributed by atoms with Gasteiger partial charge in [-0.1, -0.05) is 71.7 Å². The Labute approximate surface area is 189 Å². The maximum atomic E-state index is 12.8. The Hall–Kier alpha value is -3.35. The highest BCUT2D eigenvalue weighted by Gasteiger charge is 2.17. The van der Waals surface area contributed by atoms with Gasteiger partial charge < -0.3 is 14.8 Å². The fraction of sp³-hybridized carbons (Fsp3) is 0.0870. The molecule has 1 heterocycles. The summed E-state index contributed by atoms with van der Waals surface area (Å²) in [6.07, 6.45) is 3.00. The SMILES string of the molecule is COc1ccccc1C=C(C(=O)OCC(=O)Nc1ncc(Cl)cc1Cl)c1ccccc1. The fourth-order valence-corrected chi connectivity index (χ4v) is 3.13. The van der Waals surface area contributed by atoms with Crippen molar-refractivity contribution in [1.82, 2.24) is 4.98 Å². The van der Waals surface area contributed by atoms with Crippen LogP contribution in [-0.4, -0.2) is 30.6 Å². The number of amides is 1. The molecule has 0 fully saturated rings. The molecule has 1 N–H and O–H groups in total. The minimum Gasteiger partial charge on any atom is -0.496 e. The van der Waals surface area contributed by atoms with E-state index in [4.69, 9.17) is 32.7 Å². The topological polar surface area (TPSA) is 77.5 Å². The summed E-state index contributed by atoms with van der Waals surface area (Å²) in [6.45, 7) is -0.518. The lowest BCUT2D eigenvalue weighted by atomic mass is 10.0. The Morgan fingerprint density at radius 2 is 1.77 bits per heavy atom. The molecule has 6 nitrogen and oxygen atoms in total. The minimum absolute atomic E-state index is 0.125. The zero-order chi connectivity index (χ0) is 22.2. The predicted molar refractivity (Wildman–Crippen MR) is 121 cm³/mol. The molecule has 0 saturated carbocycles. The summed E-state index contributed by atoms with van der Waals surface area (Å²) in [7, 11) is 1.55. The molecule has 0 saturated heterocycles. The van der Waals surface area contributed by atoms with E-state index in [0.717, 1.165) is 0 Å². The maximum absolute atomic E-state index is 12.8. The van der Waals surface area contributed by atoms with Gasteiger partial charge in [0, 0.05) is 11.8 Å². The normalized spacial score (nSPS) is 11.0. The molecule has 0 aliphatic rings. The van der Waals surface area contributed by atoms with Gasteiger partial charge in [-0.2, -0.15) is 0 Å². The molecule has 1 amide bonds. The standard InChI is InChI=1S/C23H18Cl2N2O4/c1-30-20-10-6-5-9-16(20)11-18(15-7-3-2-4-8-15)23(29)31-14-21(28)27-22-19(25)12-17(24)13-26-22/h2-13H,14H2,1H3,(H,26,27,28). The average Bonchev–Trinajstić information content (AvgIpc) is 2.78. The lowest BCUT2D eigenvalue weighted by Crippen LogP contribution is -2.22. The van der Waals surface area contributed by atoms with Crippen LogP contribution in [0.5, 0.6) is 5.75 Å². The molecule has 0 atom stereocenters. The van der Waals surface area contributed by atoms with Gasteiger partial charge in [0.15, 0.2) is 12.4 Å². The molecule has 8 heteroatoms. The molecule has 0 aliphatic carbocycles. The van der Waals surface area contributed by atoms with Crippen molar-refractivity contribution in [2.45, 2.75) is 0 Å². The van der Waals surface area contributed by atoms with E-state index in [1.807, 2.05) is 24.3 Å². The van der Waals surface area contributed by atoms with E-state index < -0.39 is 18.5 Å². The van der Waals surface area contributed by atoms with Crippen LogP contribution in [0.2, 0.25) is 10.0 Å². The number of pyridine rings is 1. The Kier molecular flexibility index (Phi) is 7.65. The second-order valence-corrected chi connectivity index (χ2v) is 7.12. The van der Waals surface area contributed by atoms with E-state index in [1.165, 1.54) is 12.3 Å². The van der Waals surface area contributed by atoms with E-state index in [9.17, 15) is 9.59 Å². The summed E-state index contributed by atoms with van der Waals surface area (Å²) in [4.78, 5) is 29.0. The number of benzene rings is 2. The van der Waals surface area contributed by atoms with E-state index in [1.54, 1.807) is 43.5 Å². The molecule has 158 valence electrons. The van der Waals surface area contributed by atoms with Gasteiger partial charge in [-0.3, -0.25) is 4.79 Å². The lowest BCUT2D eigenvalue weighted by Gasteiger charge is -2.11. The van der Waals surface area contributed by atoms with Crippen molar-refractivity contribution in [3.05, 3.63) is 88.0 Å². The molecule has 0 unspecified atom stereocenters. The van der Waals surface area contributed by atoms with Crippen LogP contribution in [0.25, 0.3) is 11.6 Å². The molecule has 3 aromatic rings. The summed E-state index contributed by atoms with van der Waals surface area (Å²) in [6, 6.07) is 17.7. The van der Waals surface area contributed by atoms with Gasteiger partial charge in [-0.15, -0.1) is 0 Å². The summed E-state index contributed by atoms with van der Waals surface area (Å²) >= 11 is 11.8. The van der Waals surface area contributed by atoms with E-state index >= 15 is 0 Å². The summed E-state index contributed by atoms with van der Waals surface area (Å²) in [5.74, 6) is -0.526. The summed E-state index contributed by atoms with van der Waals surface area (Å²) in [5.41, 5.74) is 1.61. The van der Waals surface area contributed by atoms with Gasteiger partial charge in [-0.05, 0) is 23.8 Å². The van der Waals surface area contributed by atoms with Crippen LogP contribution in [-0.2, 0) is 14.3 Å². The second-order valence-electron chi connectivity index (χ2n) is 6.27. The van der Waals surface area contributed by atoms with Gasteiger partial charge in [0.1, 0.15) is 5.75 Å². The van der Waals surface area contributed by atoms with Crippen LogP contribution in [0.3, 0.4) is 0 Å². The Morgan fingerprint density at radius 1 is 1.06 bits per heavy atom. The second kappa shape index (κ2) is 10.6. The molecule has 31 heavy (non-hydrogen) atoms. The van der Waals surface area contributed by atoms with Crippen LogP contribution in [0.1, 0.15) is 11.1 Å². The average molecular weight is 457 g/mol. The first-order valence-corrected chi connectivity index (χ1v) is 9.91. The third-order valence-electron chi connectivity index (χ3n) is 4.14. The summed E-state index contributed by atoms with van der Waals surface area (Å²) < 4.78 is 10.6. The molecular formula is C23H18Cl2N2O4. The number of nitrogens with one attached hydrogen (secondary N) is 1. The molecule has 1 aromatic heterocycles. The number of nitrogens with zero attached hydrogens (tertiary/aromatic N) is 1. The third kappa shape index (κ3) is 6.07. The van der Waals surface area contributed by atoms with Crippen LogP contribution in [0, 0.1) is 0 Å². The van der Waals surface area contributed by atoms with Crippen molar-refractivity contribution < 1.29 is 19.1 Å². The van der Waals surface area contributed by atoms with Crippen molar-refractivity contribution >= 4 is 52.5 Å². The third-order valence-corrected chi connectivity index (χ3v) is 4.64. The first-order valence-electron chi connectivity index (χ1n) is 9.16. The fourth-order valence-electron chi connectivity index (χ4n) is 2.70. The highest BCUT2D eigenvalue weighted by atomic mass is 35.5. The number of carbonyl (C=O) groups excluding carboxylic acids is 2. The smallest absolute Gasteiger partial charge is 0.339 e. The molecule has 2 aromatic carbocycles. The monoisotopic (exact) mass is 456 g/mol. The van der Waals surface area contributed by atoms with Crippen molar-refractivity contribution in [3.8, 4) is 5.75 Å². The van der Waals surface area contributed by atoms with Crippen molar-refractivity contribution in [1.29, 1.82) is 0 Å². The van der Waals surface area contributed by atoms with Gasteiger partial charge in [0.05, 0.1) is 22.7 Å². The first kappa shape index (κ1) is 22.3. The van der Waals surface area contributed by atoms with Gasteiger partial charge >= 0.3 is 5.97 Å². The number of aromatic nitrogens is 1. The van der Waals surface area contributed by atoms with Crippen LogP contribution < -0.4 is 10.1 Å². The zero-order valence-corrected chi connectivity index (χ0v) is 18.0. The highest BCUT2D eigenvalue weighted by Crippen LogP contribution is 2.26. The number of para-hydroxylation sites is 1. The first-order chi connectivity index (χ1) is 15.0. The number of methoxy groups -OCH3 is 1. The van der Waals surface area contributed by atoms with Gasteiger partial charge in [0.25, 0.3) is 5.91 Å². The van der Waals surface area contributed by atoms with Crippen molar-refractivity contribution in [3.63, 3.8) is 0 Å². The zero-order valence-electron chi connectivity index (χ0n) is 16.5.